The molecule has 0 aliphatic carbocycles. The Morgan fingerprint density at radius 2 is 1.77 bits per heavy atom. The number of likely N-dealkylation sites (tertiary alicyclic amines) is 1. The number of carbonyl (C=O) groups excluding carboxylic acids is 2. The Balaban J connectivity index is 0.000000628. The molecule has 0 radical (unpaired) electrons. The van der Waals surface area contributed by atoms with E-state index in [2.05, 4.69) is 10.2 Å². The molecule has 1 fully saturated rings. The van der Waals surface area contributed by atoms with Gasteiger partial charge in [0.2, 0.25) is 5.91 Å². The highest BCUT2D eigenvalue weighted by Crippen LogP contribution is 2.45. The molecule has 0 bridgehead atoms. The number of nitrogens with one attached hydrogen (secondary N) is 1. The first-order valence-corrected chi connectivity index (χ1v) is 10.3. The van der Waals surface area contributed by atoms with Crippen molar-refractivity contribution in [3.05, 3.63) is 64.2 Å². The van der Waals surface area contributed by atoms with E-state index in [-0.39, 0.29) is 11.9 Å². The van der Waals surface area contributed by atoms with E-state index in [0.717, 1.165) is 55.7 Å². The summed E-state index contributed by atoms with van der Waals surface area (Å²) in [6.45, 7) is 3.56. The van der Waals surface area contributed by atoms with Gasteiger partial charge in [-0.15, -0.1) is 0 Å². The molecule has 2 aliphatic heterocycles. The molecule has 31 heavy (non-hydrogen) atoms. The predicted octanol–water partition coefficient (Wildman–Crippen LogP) is 3.70. The lowest BCUT2D eigenvalue weighted by atomic mass is 9.73. The van der Waals surface area contributed by atoms with E-state index in [1.807, 2.05) is 30.3 Å². The highest BCUT2D eigenvalue weighted by Gasteiger charge is 2.48. The zero-order chi connectivity index (χ0) is 22.6. The van der Waals surface area contributed by atoms with Crippen molar-refractivity contribution in [2.75, 3.05) is 25.5 Å². The van der Waals surface area contributed by atoms with Crippen LogP contribution in [-0.4, -0.2) is 48.1 Å². The summed E-state index contributed by atoms with van der Waals surface area (Å²) < 4.78 is 4.83. The summed E-state index contributed by atoms with van der Waals surface area (Å²) in [6.07, 6.45) is 1.45. The van der Waals surface area contributed by atoms with Crippen LogP contribution in [0, 0.1) is 0 Å². The maximum Gasteiger partial charge on any atom is 0.337 e. The van der Waals surface area contributed by atoms with E-state index in [1.54, 1.807) is 12.1 Å². The van der Waals surface area contributed by atoms with E-state index in [1.165, 1.54) is 12.7 Å². The van der Waals surface area contributed by atoms with Crippen molar-refractivity contribution in [1.29, 1.82) is 0 Å². The topological polar surface area (TPSA) is 95.9 Å². The van der Waals surface area contributed by atoms with E-state index in [4.69, 9.17) is 26.2 Å². The average Bonchev–Trinajstić information content (AvgIpc) is 3.01. The minimum Gasteiger partial charge on any atom is -0.481 e. The minimum atomic E-state index is -0.833. The zero-order valence-corrected chi connectivity index (χ0v) is 18.2. The van der Waals surface area contributed by atoms with Gasteiger partial charge in [0, 0.05) is 24.2 Å². The van der Waals surface area contributed by atoms with Crippen molar-refractivity contribution in [3.8, 4) is 0 Å². The molecule has 4 rings (SSSR count). The lowest BCUT2D eigenvalue weighted by Gasteiger charge is -2.38. The third kappa shape index (κ3) is 5.06. The highest BCUT2D eigenvalue weighted by atomic mass is 35.5. The van der Waals surface area contributed by atoms with Crippen LogP contribution >= 0.6 is 11.6 Å². The standard InChI is InChI=1S/C21H21ClN2O3.C2H4O2/c1-27-19(25)15-4-7-18-17(12-15)21(20(26)23-18)8-10-24(11-9-21)13-14-2-5-16(22)6-3-14;1-2(3)4/h2-7,12H,8-11,13H2,1H3,(H,23,26);1H3,(H,3,4). The van der Waals surface area contributed by atoms with Gasteiger partial charge < -0.3 is 15.2 Å². The Morgan fingerprint density at radius 3 is 2.35 bits per heavy atom. The Kier molecular flexibility index (Phi) is 6.97. The van der Waals surface area contributed by atoms with Crippen molar-refractivity contribution < 1.29 is 24.2 Å². The number of nitrogens with zero attached hydrogens (tertiary/aromatic N) is 1. The van der Waals surface area contributed by atoms with Crippen molar-refractivity contribution in [2.45, 2.75) is 31.7 Å². The maximum absolute atomic E-state index is 12.8. The molecule has 0 saturated carbocycles. The van der Waals surface area contributed by atoms with Crippen LogP contribution in [-0.2, 0) is 26.3 Å². The lowest BCUT2D eigenvalue weighted by Crippen LogP contribution is -2.46. The molecular formula is C23H25ClN2O5. The molecule has 0 aromatic heterocycles. The number of halogens is 1. The van der Waals surface area contributed by atoms with Crippen LogP contribution in [0.1, 0.15) is 41.3 Å². The Bertz CT molecular complexity index is 978. The van der Waals surface area contributed by atoms with Gasteiger partial charge in [-0.2, -0.15) is 0 Å². The number of amides is 1. The summed E-state index contributed by atoms with van der Waals surface area (Å²) in [4.78, 5) is 36.1. The highest BCUT2D eigenvalue weighted by molar-refractivity contribution is 6.30. The van der Waals surface area contributed by atoms with Gasteiger partial charge in [-0.3, -0.25) is 14.5 Å². The first kappa shape index (κ1) is 22.8. The number of hydrogen-bond acceptors (Lipinski definition) is 5. The van der Waals surface area contributed by atoms with Crippen LogP contribution in [0.5, 0.6) is 0 Å². The first-order chi connectivity index (χ1) is 14.7. The fourth-order valence-electron chi connectivity index (χ4n) is 4.10. The van der Waals surface area contributed by atoms with Crippen molar-refractivity contribution >= 4 is 35.1 Å². The summed E-state index contributed by atoms with van der Waals surface area (Å²) >= 11 is 5.95. The molecule has 1 spiro atoms. The van der Waals surface area contributed by atoms with Crippen LogP contribution in [0.15, 0.2) is 42.5 Å². The number of hydrogen-bond donors (Lipinski definition) is 2. The normalized spacial score (nSPS) is 16.7. The van der Waals surface area contributed by atoms with Crippen molar-refractivity contribution in [3.63, 3.8) is 0 Å². The zero-order valence-electron chi connectivity index (χ0n) is 17.5. The molecule has 7 nitrogen and oxygen atoms in total. The molecule has 2 N–H and O–H groups in total. The summed E-state index contributed by atoms with van der Waals surface area (Å²) in [5.41, 5.74) is 2.85. The van der Waals surface area contributed by atoms with Gasteiger partial charge in [0.25, 0.3) is 5.97 Å². The second-order valence-corrected chi connectivity index (χ2v) is 8.15. The van der Waals surface area contributed by atoms with Crippen LogP contribution < -0.4 is 5.32 Å². The number of carboxylic acid groups (broad SMARTS) is 1. The Hall–Kier alpha value is -2.90. The van der Waals surface area contributed by atoms with Gasteiger partial charge in [0.05, 0.1) is 18.1 Å². The van der Waals surface area contributed by atoms with E-state index in [9.17, 15) is 9.59 Å². The molecule has 2 aromatic rings. The van der Waals surface area contributed by atoms with E-state index < -0.39 is 11.4 Å². The SMILES string of the molecule is CC(=O)O.COC(=O)c1ccc2c(c1)C1(CCN(Cc3ccc(Cl)cc3)CC1)C(=O)N2. The van der Waals surface area contributed by atoms with Gasteiger partial charge >= 0.3 is 5.97 Å². The molecule has 2 aliphatic rings. The van der Waals surface area contributed by atoms with Crippen molar-refractivity contribution in [1.82, 2.24) is 4.90 Å². The van der Waals surface area contributed by atoms with E-state index >= 15 is 0 Å². The number of anilines is 1. The fourth-order valence-corrected chi connectivity index (χ4v) is 4.22. The number of piperidine rings is 1. The van der Waals surface area contributed by atoms with Crippen LogP contribution in [0.3, 0.4) is 0 Å². The number of ether oxygens (including phenoxy) is 1. The minimum absolute atomic E-state index is 0.0330. The Morgan fingerprint density at radius 1 is 1.16 bits per heavy atom. The molecule has 2 aromatic carbocycles. The second-order valence-electron chi connectivity index (χ2n) is 7.71. The summed E-state index contributed by atoms with van der Waals surface area (Å²) in [6, 6.07) is 13.2. The van der Waals surface area contributed by atoms with Gasteiger partial charge in [-0.05, 0) is 67.4 Å². The lowest BCUT2D eigenvalue weighted by molar-refractivity contribution is -0.134. The van der Waals surface area contributed by atoms with Crippen molar-refractivity contribution in [2.24, 2.45) is 0 Å². The predicted molar refractivity (Wildman–Crippen MR) is 117 cm³/mol. The summed E-state index contributed by atoms with van der Waals surface area (Å²) in [5, 5.41) is 11.1. The molecular weight excluding hydrogens is 420 g/mol. The largest absolute Gasteiger partial charge is 0.481 e. The summed E-state index contributed by atoms with van der Waals surface area (Å²) in [7, 11) is 1.37. The van der Waals surface area contributed by atoms with E-state index in [0.29, 0.717) is 5.56 Å². The number of fused-ring (bicyclic) bond motifs is 2. The number of carbonyl (C=O) groups is 3. The first-order valence-electron chi connectivity index (χ1n) is 9.96. The number of carboxylic acids is 1. The van der Waals surface area contributed by atoms with Gasteiger partial charge in [0.15, 0.2) is 0 Å². The average molecular weight is 445 g/mol. The third-order valence-corrected chi connectivity index (χ3v) is 5.92. The molecule has 2 heterocycles. The number of benzene rings is 2. The summed E-state index contributed by atoms with van der Waals surface area (Å²) in [5.74, 6) is -1.18. The number of rotatable bonds is 3. The molecule has 0 unspecified atom stereocenters. The molecule has 1 saturated heterocycles. The molecule has 8 heteroatoms. The number of methoxy groups -OCH3 is 1. The number of aliphatic carboxylic acids is 1. The maximum atomic E-state index is 12.8. The van der Waals surface area contributed by atoms with Crippen LogP contribution in [0.2, 0.25) is 5.02 Å². The van der Waals surface area contributed by atoms with Gasteiger partial charge in [-0.25, -0.2) is 4.79 Å². The van der Waals surface area contributed by atoms with Crippen LogP contribution in [0.25, 0.3) is 0 Å². The monoisotopic (exact) mass is 444 g/mol. The van der Waals surface area contributed by atoms with Gasteiger partial charge in [0.1, 0.15) is 0 Å². The third-order valence-electron chi connectivity index (χ3n) is 5.67. The quantitative estimate of drug-likeness (QED) is 0.701. The smallest absolute Gasteiger partial charge is 0.337 e. The molecule has 1 amide bonds. The fraction of sp³-hybridized carbons (Fsp3) is 0.348. The molecule has 164 valence electrons. The Labute approximate surface area is 186 Å². The molecule has 0 atom stereocenters. The van der Waals surface area contributed by atoms with Crippen LogP contribution in [0.4, 0.5) is 5.69 Å². The second kappa shape index (κ2) is 9.49. The van der Waals surface area contributed by atoms with Gasteiger partial charge in [-0.1, -0.05) is 23.7 Å². The number of esters is 1.